The number of rotatable bonds is 5. The molecule has 0 saturated heterocycles. The van der Waals surface area contributed by atoms with E-state index >= 15 is 0 Å². The van der Waals surface area contributed by atoms with Crippen LogP contribution < -0.4 is 29.6 Å². The van der Waals surface area contributed by atoms with Crippen molar-refractivity contribution in [3.63, 3.8) is 0 Å². The van der Waals surface area contributed by atoms with Crippen LogP contribution in [-0.4, -0.2) is 31.9 Å². The molecule has 30 heavy (non-hydrogen) atoms. The second kappa shape index (κ2) is 7.42. The fraction of sp³-hybridized carbons (Fsp3) is 0.238. The Balaban J connectivity index is 1.59. The van der Waals surface area contributed by atoms with Crippen molar-refractivity contribution in [3.05, 3.63) is 46.8 Å². The molecule has 3 aromatic rings. The summed E-state index contributed by atoms with van der Waals surface area (Å²) < 4.78 is 22.4. The third kappa shape index (κ3) is 3.07. The second-order valence-corrected chi connectivity index (χ2v) is 7.82. The maximum Gasteiger partial charge on any atom is 0.231 e. The Morgan fingerprint density at radius 1 is 1.17 bits per heavy atom. The summed E-state index contributed by atoms with van der Waals surface area (Å²) in [5, 5.41) is 6.87. The standard InChI is InChI=1S/C21H19N3O5S/c1-26-16-12(8-14-17(18(16)27-2)29-10-28-14)13-9-15(25)23-20-19(13)30-21(24-20)22-11-6-4-3-5-7-11/h3-8,13H,9-10H2,1-2H3,(H,22,24)(H,23,25). The first-order valence-corrected chi connectivity index (χ1v) is 10.2. The molecule has 8 nitrogen and oxygen atoms in total. The number of para-hydroxylation sites is 1. The van der Waals surface area contributed by atoms with Gasteiger partial charge in [0, 0.05) is 23.6 Å². The number of hydrogen-bond acceptors (Lipinski definition) is 8. The Morgan fingerprint density at radius 2 is 1.97 bits per heavy atom. The molecule has 0 aliphatic carbocycles. The summed E-state index contributed by atoms with van der Waals surface area (Å²) in [6, 6.07) is 11.6. The van der Waals surface area contributed by atoms with Crippen LogP contribution in [-0.2, 0) is 4.79 Å². The molecule has 3 heterocycles. The highest BCUT2D eigenvalue weighted by atomic mass is 32.1. The molecule has 2 N–H and O–H groups in total. The number of nitrogens with zero attached hydrogens (tertiary/aromatic N) is 1. The summed E-state index contributed by atoms with van der Waals surface area (Å²) >= 11 is 1.50. The van der Waals surface area contributed by atoms with Crippen molar-refractivity contribution in [1.29, 1.82) is 0 Å². The molecule has 154 valence electrons. The SMILES string of the molecule is COc1c(C2CC(=O)Nc3nc(Nc4ccccc4)sc32)cc2c(c1OC)OCO2. The van der Waals surface area contributed by atoms with Crippen molar-refractivity contribution in [1.82, 2.24) is 4.98 Å². The molecular formula is C21H19N3O5S. The number of methoxy groups -OCH3 is 2. The highest BCUT2D eigenvalue weighted by molar-refractivity contribution is 7.16. The van der Waals surface area contributed by atoms with Gasteiger partial charge in [-0.2, -0.15) is 0 Å². The molecule has 5 rings (SSSR count). The van der Waals surface area contributed by atoms with E-state index in [1.165, 1.54) is 11.3 Å². The Bertz CT molecular complexity index is 1120. The van der Waals surface area contributed by atoms with E-state index in [4.69, 9.17) is 18.9 Å². The zero-order valence-electron chi connectivity index (χ0n) is 16.4. The number of carbonyl (C=O) groups excluding carboxylic acids is 1. The maximum atomic E-state index is 12.5. The zero-order chi connectivity index (χ0) is 20.7. The van der Waals surface area contributed by atoms with Gasteiger partial charge >= 0.3 is 0 Å². The Kier molecular flexibility index (Phi) is 4.59. The lowest BCUT2D eigenvalue weighted by Crippen LogP contribution is -2.23. The number of carbonyl (C=O) groups is 1. The fourth-order valence-electron chi connectivity index (χ4n) is 3.74. The van der Waals surface area contributed by atoms with Gasteiger partial charge in [0.2, 0.25) is 24.2 Å². The first-order chi connectivity index (χ1) is 14.7. The predicted molar refractivity (Wildman–Crippen MR) is 113 cm³/mol. The lowest BCUT2D eigenvalue weighted by Gasteiger charge is -2.24. The number of benzene rings is 2. The quantitative estimate of drug-likeness (QED) is 0.636. The highest BCUT2D eigenvalue weighted by Crippen LogP contribution is 2.54. The minimum Gasteiger partial charge on any atom is -0.492 e. The van der Waals surface area contributed by atoms with Crippen molar-refractivity contribution in [2.75, 3.05) is 31.6 Å². The Hall–Kier alpha value is -3.46. The number of aromatic nitrogens is 1. The molecular weight excluding hydrogens is 406 g/mol. The monoisotopic (exact) mass is 425 g/mol. The molecule has 1 unspecified atom stereocenters. The van der Waals surface area contributed by atoms with Gasteiger partial charge in [0.25, 0.3) is 0 Å². The lowest BCUT2D eigenvalue weighted by molar-refractivity contribution is -0.116. The molecule has 1 atom stereocenters. The average molecular weight is 425 g/mol. The molecule has 0 saturated carbocycles. The van der Waals surface area contributed by atoms with Crippen molar-refractivity contribution in [2.24, 2.45) is 0 Å². The first-order valence-electron chi connectivity index (χ1n) is 9.35. The van der Waals surface area contributed by atoms with Gasteiger partial charge < -0.3 is 29.6 Å². The summed E-state index contributed by atoms with van der Waals surface area (Å²) in [5.41, 5.74) is 1.72. The van der Waals surface area contributed by atoms with Gasteiger partial charge in [0.1, 0.15) is 5.82 Å². The first kappa shape index (κ1) is 18.6. The van der Waals surface area contributed by atoms with Gasteiger partial charge in [-0.1, -0.05) is 29.5 Å². The van der Waals surface area contributed by atoms with Gasteiger partial charge in [0.15, 0.2) is 16.6 Å². The van der Waals surface area contributed by atoms with Gasteiger partial charge in [-0.05, 0) is 18.2 Å². The number of thiazole rings is 1. The number of nitrogens with one attached hydrogen (secondary N) is 2. The molecule has 1 aromatic heterocycles. The molecule has 0 bridgehead atoms. The summed E-state index contributed by atoms with van der Waals surface area (Å²) in [4.78, 5) is 18.0. The Morgan fingerprint density at radius 3 is 2.73 bits per heavy atom. The van der Waals surface area contributed by atoms with E-state index < -0.39 is 0 Å². The van der Waals surface area contributed by atoms with Crippen LogP contribution in [0.4, 0.5) is 16.6 Å². The summed E-state index contributed by atoms with van der Waals surface area (Å²) in [5.74, 6) is 2.26. The van der Waals surface area contributed by atoms with Crippen molar-refractivity contribution >= 4 is 33.9 Å². The fourth-order valence-corrected chi connectivity index (χ4v) is 4.80. The smallest absolute Gasteiger partial charge is 0.231 e. The number of amides is 1. The van der Waals surface area contributed by atoms with Crippen LogP contribution in [0.2, 0.25) is 0 Å². The van der Waals surface area contributed by atoms with Crippen LogP contribution >= 0.6 is 11.3 Å². The van der Waals surface area contributed by atoms with Gasteiger partial charge in [-0.15, -0.1) is 0 Å². The molecule has 2 aromatic carbocycles. The van der Waals surface area contributed by atoms with Crippen LogP contribution in [0.1, 0.15) is 22.8 Å². The van der Waals surface area contributed by atoms with Crippen molar-refractivity contribution < 1.29 is 23.7 Å². The topological polar surface area (TPSA) is 90.9 Å². The summed E-state index contributed by atoms with van der Waals surface area (Å²) in [6.07, 6.45) is 0.263. The lowest BCUT2D eigenvalue weighted by atomic mass is 9.90. The second-order valence-electron chi connectivity index (χ2n) is 6.79. The van der Waals surface area contributed by atoms with Crippen molar-refractivity contribution in [3.8, 4) is 23.0 Å². The molecule has 9 heteroatoms. The normalized spacial score (nSPS) is 16.6. The van der Waals surface area contributed by atoms with Gasteiger partial charge in [-0.25, -0.2) is 4.98 Å². The van der Waals surface area contributed by atoms with E-state index in [2.05, 4.69) is 15.6 Å². The van der Waals surface area contributed by atoms with Gasteiger partial charge in [0.05, 0.1) is 19.1 Å². The number of fused-ring (bicyclic) bond motifs is 2. The number of ether oxygens (including phenoxy) is 4. The van der Waals surface area contributed by atoms with Crippen LogP contribution in [0.3, 0.4) is 0 Å². The maximum absolute atomic E-state index is 12.5. The molecule has 0 radical (unpaired) electrons. The van der Waals surface area contributed by atoms with Crippen LogP contribution in [0.5, 0.6) is 23.0 Å². The van der Waals surface area contributed by atoms with Crippen molar-refractivity contribution in [2.45, 2.75) is 12.3 Å². The molecule has 0 fully saturated rings. The average Bonchev–Trinajstić information content (AvgIpc) is 3.38. The minimum absolute atomic E-state index is 0.109. The molecule has 1 amide bonds. The van der Waals surface area contributed by atoms with E-state index in [1.54, 1.807) is 14.2 Å². The van der Waals surface area contributed by atoms with E-state index in [1.807, 2.05) is 36.4 Å². The molecule has 2 aliphatic rings. The van der Waals surface area contributed by atoms with Crippen LogP contribution in [0.25, 0.3) is 0 Å². The largest absolute Gasteiger partial charge is 0.492 e. The summed E-state index contributed by atoms with van der Waals surface area (Å²) in [6.45, 7) is 0.112. The molecule has 2 aliphatic heterocycles. The Labute approximate surface area is 176 Å². The van der Waals surface area contributed by atoms with E-state index in [9.17, 15) is 4.79 Å². The van der Waals surface area contributed by atoms with E-state index in [-0.39, 0.29) is 25.0 Å². The van der Waals surface area contributed by atoms with Crippen LogP contribution in [0.15, 0.2) is 36.4 Å². The highest BCUT2D eigenvalue weighted by Gasteiger charge is 2.36. The third-order valence-corrected chi connectivity index (χ3v) is 6.11. The van der Waals surface area contributed by atoms with Gasteiger partial charge in [-0.3, -0.25) is 4.79 Å². The van der Waals surface area contributed by atoms with Crippen LogP contribution in [0, 0.1) is 0 Å². The van der Waals surface area contributed by atoms with E-state index in [0.717, 1.165) is 16.1 Å². The number of hydrogen-bond donors (Lipinski definition) is 2. The third-order valence-electron chi connectivity index (χ3n) is 5.03. The molecule has 0 spiro atoms. The predicted octanol–water partition coefficient (Wildman–Crippen LogP) is 4.11. The zero-order valence-corrected chi connectivity index (χ0v) is 17.2. The number of anilines is 3. The minimum atomic E-state index is -0.254. The van der Waals surface area contributed by atoms with E-state index in [0.29, 0.717) is 33.9 Å². The summed E-state index contributed by atoms with van der Waals surface area (Å²) in [7, 11) is 3.12.